The topological polar surface area (TPSA) is 17.3 Å². The molecule has 186 valence electrons. The molecule has 0 unspecified atom stereocenters. The Morgan fingerprint density at radius 1 is 0.615 bits per heavy atom. The van der Waals surface area contributed by atoms with Gasteiger partial charge in [0.1, 0.15) is 5.65 Å². The van der Waals surface area contributed by atoms with E-state index in [4.69, 9.17) is 4.98 Å². The average Bonchev–Trinajstić information content (AvgIpc) is 3.76. The fraction of sp³-hybridized carbons (Fsp3) is 0.0571. The number of fused-ring (bicyclic) bond motifs is 4. The third kappa shape index (κ3) is 3.71. The van der Waals surface area contributed by atoms with Gasteiger partial charge in [0.25, 0.3) is 0 Å². The monoisotopic (exact) mass is 536 g/mol. The van der Waals surface area contributed by atoms with Crippen molar-refractivity contribution in [1.82, 2.24) is 9.38 Å². The summed E-state index contributed by atoms with van der Waals surface area (Å²) in [6.45, 7) is 0. The molecule has 1 aliphatic carbocycles. The van der Waals surface area contributed by atoms with Crippen LogP contribution in [-0.4, -0.2) is 9.38 Å². The van der Waals surface area contributed by atoms with Crippen LogP contribution in [0.4, 0.5) is 0 Å². The first-order valence-electron chi connectivity index (χ1n) is 13.3. The Morgan fingerprint density at radius 2 is 1.31 bits per heavy atom. The van der Waals surface area contributed by atoms with Crippen LogP contribution in [-0.2, 0) is 0 Å². The molecule has 0 spiro atoms. The van der Waals surface area contributed by atoms with Crippen LogP contribution in [0, 0.1) is 0 Å². The minimum Gasteiger partial charge on any atom is -0.299 e. The van der Waals surface area contributed by atoms with Gasteiger partial charge in [0.2, 0.25) is 0 Å². The Kier molecular flexibility index (Phi) is 5.35. The summed E-state index contributed by atoms with van der Waals surface area (Å²) in [7, 11) is 0. The SMILES string of the molecule is C1=CC(c2ccc(-c3c4ccccc4c(-c4ccc(-c5ccccc5)s4)c4nc5ccccn5c34)s2)=CCC1. The summed E-state index contributed by atoms with van der Waals surface area (Å²) in [4.78, 5) is 10.4. The minimum atomic E-state index is 0.972. The van der Waals surface area contributed by atoms with Gasteiger partial charge in [-0.15, -0.1) is 22.7 Å². The fourth-order valence-electron chi connectivity index (χ4n) is 5.74. The standard InChI is InChI=1S/C35H24N2S2/c1-3-11-23(12-4-1)27-18-20-29(38-27)32-25-15-7-8-16-26(25)33(35-34(32)36-31-17-9-10-22-37(31)35)30-21-19-28(39-30)24-13-5-2-6-14-24/h1,3-5,7-22H,2,6H2. The number of rotatable bonds is 4. The first kappa shape index (κ1) is 22.7. The summed E-state index contributed by atoms with van der Waals surface area (Å²) < 4.78 is 2.27. The van der Waals surface area contributed by atoms with Crippen LogP contribution in [0.3, 0.4) is 0 Å². The van der Waals surface area contributed by atoms with Gasteiger partial charge in [0, 0.05) is 36.8 Å². The number of aromatic nitrogens is 2. The van der Waals surface area contributed by atoms with Crippen molar-refractivity contribution in [2.75, 3.05) is 0 Å². The number of pyridine rings is 1. The van der Waals surface area contributed by atoms with Crippen LogP contribution < -0.4 is 0 Å². The number of allylic oxidation sites excluding steroid dienone is 4. The van der Waals surface area contributed by atoms with Gasteiger partial charge in [-0.2, -0.15) is 0 Å². The number of imidazole rings is 1. The van der Waals surface area contributed by atoms with Crippen molar-refractivity contribution in [2.24, 2.45) is 0 Å². The lowest BCUT2D eigenvalue weighted by molar-refractivity contribution is 1.04. The molecule has 4 aromatic heterocycles. The minimum absolute atomic E-state index is 0.972. The van der Waals surface area contributed by atoms with E-state index in [1.807, 2.05) is 22.7 Å². The van der Waals surface area contributed by atoms with E-state index in [1.165, 1.54) is 58.1 Å². The summed E-state index contributed by atoms with van der Waals surface area (Å²) in [6.07, 6.45) is 11.3. The Morgan fingerprint density at radius 3 is 2.13 bits per heavy atom. The third-order valence-corrected chi connectivity index (χ3v) is 9.82. The van der Waals surface area contributed by atoms with Crippen LogP contribution in [0.2, 0.25) is 0 Å². The van der Waals surface area contributed by atoms with E-state index in [-0.39, 0.29) is 0 Å². The Labute approximate surface area is 234 Å². The number of thiophene rings is 2. The van der Waals surface area contributed by atoms with Crippen molar-refractivity contribution >= 4 is 55.7 Å². The van der Waals surface area contributed by atoms with Crippen LogP contribution in [0.25, 0.3) is 64.3 Å². The first-order valence-corrected chi connectivity index (χ1v) is 14.9. The molecule has 0 aliphatic heterocycles. The molecule has 0 saturated carbocycles. The predicted molar refractivity (Wildman–Crippen MR) is 169 cm³/mol. The Hall–Kier alpha value is -4.25. The largest absolute Gasteiger partial charge is 0.299 e. The van der Waals surface area contributed by atoms with Crippen LogP contribution in [0.15, 0.2) is 121 Å². The van der Waals surface area contributed by atoms with E-state index < -0.39 is 0 Å². The molecule has 8 rings (SSSR count). The highest BCUT2D eigenvalue weighted by Crippen LogP contribution is 2.48. The van der Waals surface area contributed by atoms with Gasteiger partial charge in [-0.05, 0) is 71.1 Å². The maximum Gasteiger partial charge on any atom is 0.137 e. The number of hydrogen-bond donors (Lipinski definition) is 0. The second-order valence-electron chi connectivity index (χ2n) is 9.87. The Bertz CT molecular complexity index is 2070. The molecule has 0 N–H and O–H groups in total. The molecule has 0 atom stereocenters. The fourth-order valence-corrected chi connectivity index (χ4v) is 7.89. The van der Waals surface area contributed by atoms with Crippen molar-refractivity contribution in [1.29, 1.82) is 0 Å². The molecular formula is C35H24N2S2. The van der Waals surface area contributed by atoms with E-state index in [2.05, 4.69) is 126 Å². The number of nitrogens with zero attached hydrogens (tertiary/aromatic N) is 2. The summed E-state index contributed by atoms with van der Waals surface area (Å²) in [5.41, 5.74) is 8.27. The molecule has 0 saturated heterocycles. The quantitative estimate of drug-likeness (QED) is 0.219. The van der Waals surface area contributed by atoms with Gasteiger partial charge in [-0.3, -0.25) is 4.40 Å². The van der Waals surface area contributed by atoms with E-state index in [1.54, 1.807) is 0 Å². The molecule has 1 aliphatic rings. The van der Waals surface area contributed by atoms with Crippen molar-refractivity contribution in [2.45, 2.75) is 12.8 Å². The normalized spacial score (nSPS) is 13.5. The molecular weight excluding hydrogens is 513 g/mol. The third-order valence-electron chi connectivity index (χ3n) is 7.51. The van der Waals surface area contributed by atoms with Gasteiger partial charge < -0.3 is 0 Å². The van der Waals surface area contributed by atoms with Gasteiger partial charge >= 0.3 is 0 Å². The lowest BCUT2D eigenvalue weighted by Gasteiger charge is -2.13. The Balaban J connectivity index is 1.44. The summed E-state index contributed by atoms with van der Waals surface area (Å²) in [5.74, 6) is 0. The second kappa shape index (κ2) is 9.19. The highest BCUT2D eigenvalue weighted by molar-refractivity contribution is 7.19. The molecule has 3 aromatic carbocycles. The zero-order chi connectivity index (χ0) is 25.8. The lowest BCUT2D eigenvalue weighted by atomic mass is 9.95. The molecule has 0 radical (unpaired) electrons. The molecule has 0 bridgehead atoms. The van der Waals surface area contributed by atoms with Crippen molar-refractivity contribution < 1.29 is 0 Å². The highest BCUT2D eigenvalue weighted by Gasteiger charge is 2.23. The molecule has 2 nitrogen and oxygen atoms in total. The molecule has 0 amide bonds. The summed E-state index contributed by atoms with van der Waals surface area (Å²) in [5, 5.41) is 2.51. The van der Waals surface area contributed by atoms with E-state index in [9.17, 15) is 0 Å². The predicted octanol–water partition coefficient (Wildman–Crippen LogP) is 10.5. The highest BCUT2D eigenvalue weighted by atomic mass is 32.1. The van der Waals surface area contributed by atoms with Gasteiger partial charge in [0.15, 0.2) is 0 Å². The summed E-state index contributed by atoms with van der Waals surface area (Å²) >= 11 is 3.72. The maximum absolute atomic E-state index is 5.26. The maximum atomic E-state index is 5.26. The van der Waals surface area contributed by atoms with Crippen molar-refractivity contribution in [3.8, 4) is 31.3 Å². The number of hydrogen-bond acceptors (Lipinski definition) is 3. The smallest absolute Gasteiger partial charge is 0.137 e. The van der Waals surface area contributed by atoms with Crippen molar-refractivity contribution in [3.05, 3.63) is 126 Å². The summed E-state index contributed by atoms with van der Waals surface area (Å²) in [6, 6.07) is 34.9. The van der Waals surface area contributed by atoms with Gasteiger partial charge in [0.05, 0.1) is 11.0 Å². The molecule has 39 heavy (non-hydrogen) atoms. The number of benzene rings is 3. The zero-order valence-electron chi connectivity index (χ0n) is 21.2. The molecule has 4 heteroatoms. The lowest BCUT2D eigenvalue weighted by Crippen LogP contribution is -1.90. The zero-order valence-corrected chi connectivity index (χ0v) is 22.8. The molecule has 4 heterocycles. The van der Waals surface area contributed by atoms with Crippen LogP contribution >= 0.6 is 22.7 Å². The van der Waals surface area contributed by atoms with Crippen molar-refractivity contribution in [3.63, 3.8) is 0 Å². The molecule has 0 fully saturated rings. The van der Waals surface area contributed by atoms with Gasteiger partial charge in [-0.1, -0.05) is 78.9 Å². The van der Waals surface area contributed by atoms with Crippen LogP contribution in [0.1, 0.15) is 17.7 Å². The van der Waals surface area contributed by atoms with E-state index in [0.717, 1.165) is 24.0 Å². The van der Waals surface area contributed by atoms with E-state index >= 15 is 0 Å². The van der Waals surface area contributed by atoms with Gasteiger partial charge in [-0.25, -0.2) is 4.98 Å². The average molecular weight is 537 g/mol. The first-order chi connectivity index (χ1) is 19.3. The van der Waals surface area contributed by atoms with E-state index in [0.29, 0.717) is 0 Å². The molecule has 7 aromatic rings. The second-order valence-corrected chi connectivity index (χ2v) is 12.0. The van der Waals surface area contributed by atoms with Crippen LogP contribution in [0.5, 0.6) is 0 Å².